The number of rotatable bonds is 5. The summed E-state index contributed by atoms with van der Waals surface area (Å²) in [6.07, 6.45) is 0. The molecule has 140 valence electrons. The highest BCUT2D eigenvalue weighted by molar-refractivity contribution is 9.10. The molecule has 0 aromatic heterocycles. The molecule has 1 aliphatic rings. The number of anilines is 1. The van der Waals surface area contributed by atoms with Gasteiger partial charge in [0.1, 0.15) is 17.8 Å². The smallest absolute Gasteiger partial charge is 0.325 e. The number of ether oxygens (including phenoxy) is 1. The second kappa shape index (κ2) is 7.40. The minimum absolute atomic E-state index is 0.387. The van der Waals surface area contributed by atoms with E-state index >= 15 is 0 Å². The summed E-state index contributed by atoms with van der Waals surface area (Å²) in [6.45, 7) is 1.23. The van der Waals surface area contributed by atoms with Gasteiger partial charge in [-0.25, -0.2) is 4.79 Å². The third-order valence-corrected chi connectivity index (χ3v) is 5.03. The van der Waals surface area contributed by atoms with E-state index in [-0.39, 0.29) is 6.54 Å². The van der Waals surface area contributed by atoms with E-state index in [1.807, 2.05) is 6.07 Å². The number of hydrogen-bond donors (Lipinski definition) is 2. The Morgan fingerprint density at radius 1 is 1.22 bits per heavy atom. The van der Waals surface area contributed by atoms with E-state index in [0.29, 0.717) is 21.5 Å². The van der Waals surface area contributed by atoms with Gasteiger partial charge >= 0.3 is 6.03 Å². The topological polar surface area (TPSA) is 87.7 Å². The molecule has 0 unspecified atom stereocenters. The minimum Gasteiger partial charge on any atom is -0.497 e. The number of carbonyl (C=O) groups excluding carboxylic acids is 3. The number of hydrogen-bond acceptors (Lipinski definition) is 4. The van der Waals surface area contributed by atoms with Crippen molar-refractivity contribution in [2.75, 3.05) is 19.0 Å². The first kappa shape index (κ1) is 18.9. The van der Waals surface area contributed by atoms with Crippen LogP contribution in [0, 0.1) is 0 Å². The zero-order valence-corrected chi connectivity index (χ0v) is 16.4. The van der Waals surface area contributed by atoms with Crippen molar-refractivity contribution in [3.8, 4) is 5.75 Å². The second-order valence-corrected chi connectivity index (χ2v) is 7.06. The molecule has 0 aliphatic carbocycles. The van der Waals surface area contributed by atoms with Gasteiger partial charge in [-0.2, -0.15) is 0 Å². The summed E-state index contributed by atoms with van der Waals surface area (Å²) in [4.78, 5) is 38.5. The van der Waals surface area contributed by atoms with Gasteiger partial charge < -0.3 is 15.4 Å². The molecule has 0 saturated carbocycles. The van der Waals surface area contributed by atoms with E-state index in [1.54, 1.807) is 49.4 Å². The van der Waals surface area contributed by atoms with Crippen LogP contribution in [0.15, 0.2) is 53.0 Å². The third kappa shape index (κ3) is 3.66. The van der Waals surface area contributed by atoms with E-state index in [0.717, 1.165) is 4.90 Å². The molecule has 1 atom stereocenters. The average molecular weight is 432 g/mol. The summed E-state index contributed by atoms with van der Waals surface area (Å²) in [5.41, 5.74) is -0.105. The number of carbonyl (C=O) groups is 3. The fourth-order valence-electron chi connectivity index (χ4n) is 2.93. The fourth-order valence-corrected chi connectivity index (χ4v) is 3.62. The highest BCUT2D eigenvalue weighted by Gasteiger charge is 2.50. The lowest BCUT2D eigenvalue weighted by molar-refractivity contribution is -0.133. The van der Waals surface area contributed by atoms with Crippen LogP contribution >= 0.6 is 15.9 Å². The Kier molecular flexibility index (Phi) is 5.18. The maximum absolute atomic E-state index is 12.9. The molecule has 2 N–H and O–H groups in total. The van der Waals surface area contributed by atoms with Crippen LogP contribution in [0.3, 0.4) is 0 Å². The highest BCUT2D eigenvalue weighted by atomic mass is 79.9. The Morgan fingerprint density at radius 3 is 2.67 bits per heavy atom. The Morgan fingerprint density at radius 2 is 1.96 bits per heavy atom. The maximum atomic E-state index is 12.9. The Hall–Kier alpha value is -2.87. The number of nitrogens with one attached hydrogen (secondary N) is 2. The first-order valence-electron chi connectivity index (χ1n) is 8.18. The summed E-state index contributed by atoms with van der Waals surface area (Å²) in [7, 11) is 1.52. The van der Waals surface area contributed by atoms with Gasteiger partial charge in [0, 0.05) is 21.8 Å². The second-order valence-electron chi connectivity index (χ2n) is 6.21. The number of nitrogens with zero attached hydrogens (tertiary/aromatic N) is 1. The van der Waals surface area contributed by atoms with Crippen molar-refractivity contribution >= 4 is 39.5 Å². The maximum Gasteiger partial charge on any atom is 0.325 e. The van der Waals surface area contributed by atoms with Crippen molar-refractivity contribution in [1.82, 2.24) is 10.2 Å². The third-order valence-electron chi connectivity index (χ3n) is 4.34. The summed E-state index contributed by atoms with van der Waals surface area (Å²) in [5.74, 6) is -0.382. The molecule has 1 fully saturated rings. The van der Waals surface area contributed by atoms with E-state index < -0.39 is 23.4 Å². The SMILES string of the molecule is COc1cccc(NC(=O)CN2C(=O)N[C@@](C)(c3ccccc3Br)C2=O)c1. The van der Waals surface area contributed by atoms with Gasteiger partial charge in [0.2, 0.25) is 5.91 Å². The molecule has 8 heteroatoms. The lowest BCUT2D eigenvalue weighted by atomic mass is 9.92. The molecule has 4 amide bonds. The molecular weight excluding hydrogens is 414 g/mol. The van der Waals surface area contributed by atoms with Crippen molar-refractivity contribution in [2.45, 2.75) is 12.5 Å². The van der Waals surface area contributed by atoms with Crippen LogP contribution < -0.4 is 15.4 Å². The van der Waals surface area contributed by atoms with E-state index in [2.05, 4.69) is 26.6 Å². The van der Waals surface area contributed by atoms with E-state index in [4.69, 9.17) is 4.74 Å². The van der Waals surface area contributed by atoms with Crippen LogP contribution in [-0.2, 0) is 15.1 Å². The normalized spacial score (nSPS) is 19.0. The molecule has 0 spiro atoms. The summed E-state index contributed by atoms with van der Waals surface area (Å²) in [5, 5.41) is 5.34. The van der Waals surface area contributed by atoms with Crippen molar-refractivity contribution in [3.05, 3.63) is 58.6 Å². The molecule has 1 saturated heterocycles. The van der Waals surface area contributed by atoms with Gasteiger partial charge in [-0.05, 0) is 25.1 Å². The molecular formula is C19H18BrN3O4. The monoisotopic (exact) mass is 431 g/mol. The number of benzene rings is 2. The molecule has 0 radical (unpaired) electrons. The Balaban J connectivity index is 1.75. The number of imide groups is 1. The molecule has 27 heavy (non-hydrogen) atoms. The molecule has 2 aromatic carbocycles. The van der Waals surface area contributed by atoms with Crippen LogP contribution in [0.25, 0.3) is 0 Å². The van der Waals surface area contributed by atoms with Crippen molar-refractivity contribution < 1.29 is 19.1 Å². The summed E-state index contributed by atoms with van der Waals surface area (Å²) in [6, 6.07) is 13.3. The first-order valence-corrected chi connectivity index (χ1v) is 8.97. The van der Waals surface area contributed by atoms with Gasteiger partial charge in [-0.1, -0.05) is 40.2 Å². The fraction of sp³-hybridized carbons (Fsp3) is 0.211. The van der Waals surface area contributed by atoms with Crippen LogP contribution in [-0.4, -0.2) is 36.4 Å². The quantitative estimate of drug-likeness (QED) is 0.712. The van der Waals surface area contributed by atoms with Crippen LogP contribution in [0.4, 0.5) is 10.5 Å². The molecule has 3 rings (SSSR count). The van der Waals surface area contributed by atoms with Crippen molar-refractivity contribution in [1.29, 1.82) is 0 Å². The largest absolute Gasteiger partial charge is 0.497 e. The van der Waals surface area contributed by atoms with Crippen LogP contribution in [0.2, 0.25) is 0 Å². The standard InChI is InChI=1S/C19H18BrN3O4/c1-19(14-8-3-4-9-15(14)20)17(25)23(18(26)22-19)11-16(24)21-12-6-5-7-13(10-12)27-2/h3-10H,11H2,1-2H3,(H,21,24)(H,22,26)/t19-/m0/s1. The molecule has 1 heterocycles. The van der Waals surface area contributed by atoms with E-state index in [9.17, 15) is 14.4 Å². The molecule has 7 nitrogen and oxygen atoms in total. The zero-order valence-electron chi connectivity index (χ0n) is 14.8. The predicted molar refractivity (Wildman–Crippen MR) is 103 cm³/mol. The lowest BCUT2D eigenvalue weighted by Gasteiger charge is -2.23. The first-order chi connectivity index (χ1) is 12.8. The summed E-state index contributed by atoms with van der Waals surface area (Å²) >= 11 is 3.40. The summed E-state index contributed by atoms with van der Waals surface area (Å²) < 4.78 is 5.81. The van der Waals surface area contributed by atoms with E-state index in [1.165, 1.54) is 7.11 Å². The van der Waals surface area contributed by atoms with Crippen molar-refractivity contribution in [3.63, 3.8) is 0 Å². The number of halogens is 1. The number of amides is 4. The van der Waals surface area contributed by atoms with Crippen molar-refractivity contribution in [2.24, 2.45) is 0 Å². The zero-order chi connectivity index (χ0) is 19.6. The van der Waals surface area contributed by atoms with Gasteiger partial charge in [0.25, 0.3) is 5.91 Å². The molecule has 2 aromatic rings. The van der Waals surface area contributed by atoms with Gasteiger partial charge in [0.05, 0.1) is 7.11 Å². The Bertz CT molecular complexity index is 917. The predicted octanol–water partition coefficient (Wildman–Crippen LogP) is 2.86. The minimum atomic E-state index is -1.24. The lowest BCUT2D eigenvalue weighted by Crippen LogP contribution is -2.42. The molecule has 0 bridgehead atoms. The number of methoxy groups -OCH3 is 1. The Labute approximate surface area is 164 Å². The van der Waals surface area contributed by atoms with Crippen LogP contribution in [0.5, 0.6) is 5.75 Å². The number of urea groups is 1. The van der Waals surface area contributed by atoms with Crippen LogP contribution in [0.1, 0.15) is 12.5 Å². The van der Waals surface area contributed by atoms with Gasteiger partial charge in [0.15, 0.2) is 0 Å². The van der Waals surface area contributed by atoms with Gasteiger partial charge in [-0.3, -0.25) is 14.5 Å². The van der Waals surface area contributed by atoms with Gasteiger partial charge in [-0.15, -0.1) is 0 Å². The highest BCUT2D eigenvalue weighted by Crippen LogP contribution is 2.33. The average Bonchev–Trinajstić information content (AvgIpc) is 2.86. The molecule has 1 aliphatic heterocycles.